The number of anilines is 1. The van der Waals surface area contributed by atoms with Crippen LogP contribution < -0.4 is 10.6 Å². The highest BCUT2D eigenvalue weighted by atomic mass is 32.1. The van der Waals surface area contributed by atoms with E-state index >= 15 is 0 Å². The summed E-state index contributed by atoms with van der Waals surface area (Å²) in [7, 11) is 0. The van der Waals surface area contributed by atoms with Gasteiger partial charge in [-0.1, -0.05) is 24.3 Å². The van der Waals surface area contributed by atoms with Gasteiger partial charge in [-0.3, -0.25) is 9.69 Å². The molecule has 0 radical (unpaired) electrons. The summed E-state index contributed by atoms with van der Waals surface area (Å²) in [4.78, 5) is 28.9. The molecule has 2 N–H and O–H groups in total. The summed E-state index contributed by atoms with van der Waals surface area (Å²) in [5, 5.41) is 11.4. The van der Waals surface area contributed by atoms with Crippen molar-refractivity contribution in [1.29, 1.82) is 5.26 Å². The predicted octanol–water partition coefficient (Wildman–Crippen LogP) is 4.27. The van der Waals surface area contributed by atoms with Crippen LogP contribution in [0.1, 0.15) is 18.5 Å². The molecule has 9 heteroatoms. The van der Waals surface area contributed by atoms with Crippen molar-refractivity contribution in [1.82, 2.24) is 4.98 Å². The summed E-state index contributed by atoms with van der Waals surface area (Å²) in [6.45, 7) is 0.237. The maximum absolute atomic E-state index is 14.9. The molecule has 32 heavy (non-hydrogen) atoms. The highest BCUT2D eigenvalue weighted by Crippen LogP contribution is 2.31. The lowest BCUT2D eigenvalue weighted by atomic mass is 10.0. The Balaban J connectivity index is 1.49. The van der Waals surface area contributed by atoms with Crippen LogP contribution >= 0.6 is 11.3 Å². The third-order valence-corrected chi connectivity index (χ3v) is 6.05. The fourth-order valence-electron chi connectivity index (χ4n) is 3.49. The third kappa shape index (κ3) is 4.60. The lowest BCUT2D eigenvalue weighted by Gasteiger charge is -2.14. The average Bonchev–Trinajstić information content (AvgIpc) is 3.39. The number of thiazole rings is 1. The van der Waals surface area contributed by atoms with Gasteiger partial charge in [0, 0.05) is 22.9 Å². The molecule has 1 aliphatic heterocycles. The number of halogens is 1. The minimum atomic E-state index is -0.574. The Morgan fingerprint density at radius 3 is 2.72 bits per heavy atom. The molecule has 2 amide bonds. The molecule has 1 aliphatic rings. The molecule has 1 fully saturated rings. The van der Waals surface area contributed by atoms with Crippen molar-refractivity contribution in [3.05, 3.63) is 59.4 Å². The summed E-state index contributed by atoms with van der Waals surface area (Å²) in [6, 6.07) is 14.0. The van der Waals surface area contributed by atoms with Crippen molar-refractivity contribution in [3.63, 3.8) is 0 Å². The Hall–Kier alpha value is -3.77. The average molecular weight is 450 g/mol. The first-order chi connectivity index (χ1) is 15.4. The SMILES string of the molecule is N#CCc1csc(-c2ccc(-c3ccc(N4CC(CCC(N)=O)OC4=O)cc3F)cc2)n1. The Morgan fingerprint density at radius 2 is 2.03 bits per heavy atom. The van der Waals surface area contributed by atoms with E-state index in [1.165, 1.54) is 22.3 Å². The number of hydrogen-bond donors (Lipinski definition) is 1. The molecule has 1 aromatic heterocycles. The van der Waals surface area contributed by atoms with Gasteiger partial charge in [0.25, 0.3) is 0 Å². The molecule has 0 spiro atoms. The monoisotopic (exact) mass is 450 g/mol. The quantitative estimate of drug-likeness (QED) is 0.578. The van der Waals surface area contributed by atoms with E-state index in [2.05, 4.69) is 11.1 Å². The highest BCUT2D eigenvalue weighted by Gasteiger charge is 2.32. The molecule has 162 valence electrons. The smallest absolute Gasteiger partial charge is 0.414 e. The second-order valence-electron chi connectivity index (χ2n) is 7.34. The van der Waals surface area contributed by atoms with Gasteiger partial charge in [0.2, 0.25) is 5.91 Å². The molecule has 2 aromatic carbocycles. The molecule has 4 rings (SSSR count). The number of rotatable bonds is 7. The number of hydrogen-bond acceptors (Lipinski definition) is 6. The number of cyclic esters (lactones) is 1. The standard InChI is InChI=1S/C23H19FN4O3S/c24-20-11-17(28-12-18(31-23(28)30)6-8-21(26)29)5-7-19(20)14-1-3-15(4-2-14)22-27-16(9-10-25)13-32-22/h1-5,7,11,13,18H,6,8-9,12H2,(H2,26,29). The van der Waals surface area contributed by atoms with E-state index in [1.807, 2.05) is 29.6 Å². The number of primary amides is 1. The normalized spacial score (nSPS) is 15.4. The van der Waals surface area contributed by atoms with Crippen LogP contribution in [0.3, 0.4) is 0 Å². The van der Waals surface area contributed by atoms with Crippen molar-refractivity contribution in [2.24, 2.45) is 5.73 Å². The molecule has 3 aromatic rings. The highest BCUT2D eigenvalue weighted by molar-refractivity contribution is 7.13. The Labute approximate surface area is 187 Å². The van der Waals surface area contributed by atoms with Crippen molar-refractivity contribution in [3.8, 4) is 27.8 Å². The van der Waals surface area contributed by atoms with Gasteiger partial charge in [-0.2, -0.15) is 5.26 Å². The molecule has 7 nitrogen and oxygen atoms in total. The molecule has 0 aliphatic carbocycles. The van der Waals surface area contributed by atoms with E-state index in [0.29, 0.717) is 23.2 Å². The van der Waals surface area contributed by atoms with Gasteiger partial charge >= 0.3 is 6.09 Å². The summed E-state index contributed by atoms with van der Waals surface area (Å²) < 4.78 is 20.1. The van der Waals surface area contributed by atoms with Crippen LogP contribution in [-0.2, 0) is 16.0 Å². The van der Waals surface area contributed by atoms with Crippen molar-refractivity contribution in [2.45, 2.75) is 25.4 Å². The Bertz CT molecular complexity index is 1200. The summed E-state index contributed by atoms with van der Waals surface area (Å²) in [5.41, 5.74) is 8.25. The maximum Gasteiger partial charge on any atom is 0.414 e. The van der Waals surface area contributed by atoms with E-state index in [4.69, 9.17) is 15.7 Å². The second kappa shape index (κ2) is 9.16. The van der Waals surface area contributed by atoms with Gasteiger partial charge in [0.1, 0.15) is 16.9 Å². The van der Waals surface area contributed by atoms with E-state index in [9.17, 15) is 14.0 Å². The Kier molecular flexibility index (Phi) is 6.14. The second-order valence-corrected chi connectivity index (χ2v) is 8.20. The fourth-order valence-corrected chi connectivity index (χ4v) is 4.31. The molecule has 0 bridgehead atoms. The van der Waals surface area contributed by atoms with Crippen LogP contribution in [0.15, 0.2) is 47.8 Å². The predicted molar refractivity (Wildman–Crippen MR) is 118 cm³/mol. The number of ether oxygens (including phenoxy) is 1. The van der Waals surface area contributed by atoms with Crippen LogP contribution in [0.5, 0.6) is 0 Å². The molecule has 2 heterocycles. The van der Waals surface area contributed by atoms with E-state index in [-0.39, 0.29) is 19.4 Å². The van der Waals surface area contributed by atoms with Gasteiger partial charge in [0.05, 0.1) is 30.4 Å². The molecule has 1 unspecified atom stereocenters. The number of nitrogens with zero attached hydrogens (tertiary/aromatic N) is 3. The van der Waals surface area contributed by atoms with E-state index in [1.54, 1.807) is 12.1 Å². The van der Waals surface area contributed by atoms with E-state index in [0.717, 1.165) is 16.3 Å². The van der Waals surface area contributed by atoms with Crippen LogP contribution in [0.4, 0.5) is 14.9 Å². The van der Waals surface area contributed by atoms with Crippen LogP contribution in [0.25, 0.3) is 21.7 Å². The number of benzene rings is 2. The zero-order chi connectivity index (χ0) is 22.7. The molecular weight excluding hydrogens is 431 g/mol. The number of aromatic nitrogens is 1. The minimum Gasteiger partial charge on any atom is -0.444 e. The molecule has 0 saturated carbocycles. The maximum atomic E-state index is 14.9. The number of carbonyl (C=O) groups excluding carboxylic acids is 2. The number of nitrogens with two attached hydrogens (primary N) is 1. The van der Waals surface area contributed by atoms with Crippen molar-refractivity contribution >= 4 is 29.0 Å². The lowest BCUT2D eigenvalue weighted by Crippen LogP contribution is -2.25. The fraction of sp³-hybridized carbons (Fsp3) is 0.217. The Morgan fingerprint density at radius 1 is 1.28 bits per heavy atom. The van der Waals surface area contributed by atoms with Crippen LogP contribution in [0.2, 0.25) is 0 Å². The van der Waals surface area contributed by atoms with Gasteiger partial charge in [-0.25, -0.2) is 14.2 Å². The first kappa shape index (κ1) is 21.5. The first-order valence-corrected chi connectivity index (χ1v) is 10.8. The molecule has 1 saturated heterocycles. The number of nitriles is 1. The minimum absolute atomic E-state index is 0.121. The van der Waals surface area contributed by atoms with Gasteiger partial charge in [0.15, 0.2) is 0 Å². The lowest BCUT2D eigenvalue weighted by molar-refractivity contribution is -0.118. The van der Waals surface area contributed by atoms with Crippen LogP contribution in [-0.4, -0.2) is 29.6 Å². The largest absolute Gasteiger partial charge is 0.444 e. The number of amides is 2. The summed E-state index contributed by atoms with van der Waals surface area (Å²) >= 11 is 1.46. The van der Waals surface area contributed by atoms with Gasteiger partial charge in [-0.05, 0) is 30.2 Å². The zero-order valence-corrected chi connectivity index (χ0v) is 17.8. The van der Waals surface area contributed by atoms with Crippen molar-refractivity contribution < 1.29 is 18.7 Å². The summed E-state index contributed by atoms with van der Waals surface area (Å²) in [6.07, 6.45) is -0.306. The van der Waals surface area contributed by atoms with Crippen LogP contribution in [0, 0.1) is 17.1 Å². The zero-order valence-electron chi connectivity index (χ0n) is 17.0. The molecular formula is C23H19FN4O3S. The number of carbonyl (C=O) groups is 2. The molecule has 1 atom stereocenters. The third-order valence-electron chi connectivity index (χ3n) is 5.11. The van der Waals surface area contributed by atoms with E-state index < -0.39 is 23.9 Å². The first-order valence-electron chi connectivity index (χ1n) is 9.93. The summed E-state index contributed by atoms with van der Waals surface area (Å²) in [5.74, 6) is -0.924. The topological polar surface area (TPSA) is 109 Å². The van der Waals surface area contributed by atoms with Crippen molar-refractivity contribution in [2.75, 3.05) is 11.4 Å². The van der Waals surface area contributed by atoms with Gasteiger partial charge in [-0.15, -0.1) is 11.3 Å². The van der Waals surface area contributed by atoms with Gasteiger partial charge < -0.3 is 10.5 Å².